The second kappa shape index (κ2) is 9.10. The molecule has 0 aliphatic rings. The highest BCUT2D eigenvalue weighted by Crippen LogP contribution is 2.23. The molecule has 1 N–H and O–H groups in total. The number of para-hydroxylation sites is 1. The Balaban J connectivity index is 2.03. The standard InChI is InChI=1S/C21H28N2O4S/c1-15-10-11-19(14-17(15)3)23(28(5,25)26)18(4)21(24)22-12-13-27-20-9-7-6-8-16(20)2/h6-11,14,18H,12-13H2,1-5H3,(H,22,24)/t18-/m0/s1. The van der Waals surface area contributed by atoms with Gasteiger partial charge in [0, 0.05) is 0 Å². The molecular formula is C21H28N2O4S. The normalized spacial score (nSPS) is 12.3. The van der Waals surface area contributed by atoms with Gasteiger partial charge in [-0.25, -0.2) is 8.42 Å². The number of carbonyl (C=O) groups excluding carboxylic acids is 1. The quantitative estimate of drug-likeness (QED) is 0.687. The monoisotopic (exact) mass is 404 g/mol. The van der Waals surface area contributed by atoms with Crippen molar-refractivity contribution < 1.29 is 17.9 Å². The Labute approximate surface area is 167 Å². The van der Waals surface area contributed by atoms with Crippen molar-refractivity contribution in [3.05, 3.63) is 59.2 Å². The zero-order valence-electron chi connectivity index (χ0n) is 17.0. The van der Waals surface area contributed by atoms with Crippen LogP contribution in [0.3, 0.4) is 0 Å². The van der Waals surface area contributed by atoms with Crippen LogP contribution in [0.2, 0.25) is 0 Å². The van der Waals surface area contributed by atoms with Crippen LogP contribution in [0.15, 0.2) is 42.5 Å². The predicted octanol–water partition coefficient (Wildman–Crippen LogP) is 2.96. The number of aryl methyl sites for hydroxylation is 3. The highest BCUT2D eigenvalue weighted by molar-refractivity contribution is 7.92. The minimum Gasteiger partial charge on any atom is -0.491 e. The van der Waals surface area contributed by atoms with Crippen LogP contribution in [-0.2, 0) is 14.8 Å². The molecule has 0 unspecified atom stereocenters. The third-order valence-electron chi connectivity index (χ3n) is 4.59. The first-order valence-electron chi connectivity index (χ1n) is 9.14. The predicted molar refractivity (Wildman–Crippen MR) is 112 cm³/mol. The van der Waals surface area contributed by atoms with Crippen molar-refractivity contribution in [2.24, 2.45) is 0 Å². The third kappa shape index (κ3) is 5.48. The fourth-order valence-electron chi connectivity index (χ4n) is 2.87. The summed E-state index contributed by atoms with van der Waals surface area (Å²) in [4.78, 5) is 12.6. The number of sulfonamides is 1. The number of nitrogens with one attached hydrogen (secondary N) is 1. The zero-order chi connectivity index (χ0) is 20.9. The molecule has 152 valence electrons. The second-order valence-corrected chi connectivity index (χ2v) is 8.77. The first-order chi connectivity index (χ1) is 13.1. The Hall–Kier alpha value is -2.54. The molecule has 1 amide bonds. The molecule has 0 fully saturated rings. The van der Waals surface area contributed by atoms with E-state index in [1.807, 2.05) is 51.1 Å². The summed E-state index contributed by atoms with van der Waals surface area (Å²) in [7, 11) is -3.63. The summed E-state index contributed by atoms with van der Waals surface area (Å²) in [6, 6.07) is 12.1. The van der Waals surface area contributed by atoms with E-state index in [1.165, 1.54) is 0 Å². The topological polar surface area (TPSA) is 75.7 Å². The smallest absolute Gasteiger partial charge is 0.243 e. The van der Waals surface area contributed by atoms with Crippen LogP contribution in [0, 0.1) is 20.8 Å². The summed E-state index contributed by atoms with van der Waals surface area (Å²) < 4.78 is 31.5. The van der Waals surface area contributed by atoms with Crippen LogP contribution in [0.25, 0.3) is 0 Å². The summed E-state index contributed by atoms with van der Waals surface area (Å²) in [6.07, 6.45) is 1.10. The Morgan fingerprint density at radius 2 is 1.75 bits per heavy atom. The van der Waals surface area contributed by atoms with Crippen molar-refractivity contribution >= 4 is 21.6 Å². The van der Waals surface area contributed by atoms with Gasteiger partial charge in [-0.1, -0.05) is 24.3 Å². The van der Waals surface area contributed by atoms with E-state index >= 15 is 0 Å². The van der Waals surface area contributed by atoms with E-state index < -0.39 is 16.1 Å². The second-order valence-electron chi connectivity index (χ2n) is 6.91. The fraction of sp³-hybridized carbons (Fsp3) is 0.381. The molecule has 1 atom stereocenters. The molecule has 28 heavy (non-hydrogen) atoms. The van der Waals surface area contributed by atoms with Crippen molar-refractivity contribution in [2.45, 2.75) is 33.7 Å². The van der Waals surface area contributed by atoms with E-state index in [0.717, 1.165) is 33.0 Å². The lowest BCUT2D eigenvalue weighted by molar-refractivity contribution is -0.121. The minimum atomic E-state index is -3.63. The summed E-state index contributed by atoms with van der Waals surface area (Å²) >= 11 is 0. The molecule has 2 rings (SSSR count). The van der Waals surface area contributed by atoms with E-state index in [4.69, 9.17) is 4.74 Å². The molecule has 2 aromatic rings. The van der Waals surface area contributed by atoms with Crippen LogP contribution in [0.5, 0.6) is 5.75 Å². The van der Waals surface area contributed by atoms with Crippen molar-refractivity contribution in [1.29, 1.82) is 0 Å². The molecule has 0 aromatic heterocycles. The molecule has 0 saturated carbocycles. The number of nitrogens with zero attached hydrogens (tertiary/aromatic N) is 1. The molecule has 0 spiro atoms. The van der Waals surface area contributed by atoms with Crippen LogP contribution in [0.1, 0.15) is 23.6 Å². The average molecular weight is 405 g/mol. The van der Waals surface area contributed by atoms with E-state index in [0.29, 0.717) is 12.3 Å². The van der Waals surface area contributed by atoms with Crippen LogP contribution >= 0.6 is 0 Å². The van der Waals surface area contributed by atoms with E-state index in [1.54, 1.807) is 19.1 Å². The number of hydrogen-bond acceptors (Lipinski definition) is 4. The Bertz CT molecular complexity index is 941. The lowest BCUT2D eigenvalue weighted by atomic mass is 10.1. The highest BCUT2D eigenvalue weighted by Gasteiger charge is 2.29. The largest absolute Gasteiger partial charge is 0.491 e. The molecule has 0 heterocycles. The molecule has 7 heteroatoms. The van der Waals surface area contributed by atoms with Crippen molar-refractivity contribution in [3.8, 4) is 5.75 Å². The van der Waals surface area contributed by atoms with Gasteiger partial charge in [-0.2, -0.15) is 0 Å². The molecule has 6 nitrogen and oxygen atoms in total. The van der Waals surface area contributed by atoms with Crippen LogP contribution in [0.4, 0.5) is 5.69 Å². The van der Waals surface area contributed by atoms with E-state index in [2.05, 4.69) is 5.32 Å². The van der Waals surface area contributed by atoms with Gasteiger partial charge in [-0.15, -0.1) is 0 Å². The van der Waals surface area contributed by atoms with Gasteiger partial charge in [0.15, 0.2) is 0 Å². The molecule has 0 radical (unpaired) electrons. The van der Waals surface area contributed by atoms with Crippen molar-refractivity contribution in [3.63, 3.8) is 0 Å². The van der Waals surface area contributed by atoms with Gasteiger partial charge in [0.25, 0.3) is 0 Å². The average Bonchev–Trinajstić information content (AvgIpc) is 2.62. The van der Waals surface area contributed by atoms with E-state index in [9.17, 15) is 13.2 Å². The van der Waals surface area contributed by atoms with Gasteiger partial charge in [0.2, 0.25) is 15.9 Å². The minimum absolute atomic E-state index is 0.280. The molecule has 0 saturated heterocycles. The van der Waals surface area contributed by atoms with Gasteiger partial charge in [0.1, 0.15) is 18.4 Å². The first kappa shape index (κ1) is 21.8. The summed E-state index contributed by atoms with van der Waals surface area (Å²) in [6.45, 7) is 7.96. The molecule has 0 aliphatic heterocycles. The number of rotatable bonds is 8. The number of amides is 1. The summed E-state index contributed by atoms with van der Waals surface area (Å²) in [5.74, 6) is 0.384. The maximum Gasteiger partial charge on any atom is 0.243 e. The first-order valence-corrected chi connectivity index (χ1v) is 11.0. The van der Waals surface area contributed by atoms with Crippen molar-refractivity contribution in [1.82, 2.24) is 5.32 Å². The van der Waals surface area contributed by atoms with Gasteiger partial charge in [0.05, 0.1) is 18.5 Å². The van der Waals surface area contributed by atoms with Gasteiger partial charge >= 0.3 is 0 Å². The number of ether oxygens (including phenoxy) is 1. The molecule has 0 aliphatic carbocycles. The van der Waals surface area contributed by atoms with Gasteiger partial charge < -0.3 is 10.1 Å². The third-order valence-corrected chi connectivity index (χ3v) is 5.83. The van der Waals surface area contributed by atoms with Gasteiger partial charge in [-0.3, -0.25) is 9.10 Å². The fourth-order valence-corrected chi connectivity index (χ4v) is 4.04. The highest BCUT2D eigenvalue weighted by atomic mass is 32.2. The molecular weight excluding hydrogens is 376 g/mol. The summed E-state index contributed by atoms with van der Waals surface area (Å²) in [5.41, 5.74) is 3.51. The van der Waals surface area contributed by atoms with Crippen LogP contribution < -0.4 is 14.4 Å². The molecule has 0 bridgehead atoms. The Kier molecular flexibility index (Phi) is 7.07. The SMILES string of the molecule is Cc1ccc(N([C@@H](C)C(=O)NCCOc2ccccc2C)S(C)(=O)=O)cc1C. The number of hydrogen-bond donors (Lipinski definition) is 1. The lowest BCUT2D eigenvalue weighted by Gasteiger charge is -2.28. The lowest BCUT2D eigenvalue weighted by Crippen LogP contribution is -2.48. The Morgan fingerprint density at radius 1 is 1.07 bits per heavy atom. The number of carbonyl (C=O) groups is 1. The summed E-state index contributed by atoms with van der Waals surface area (Å²) in [5, 5.41) is 2.75. The Morgan fingerprint density at radius 3 is 2.36 bits per heavy atom. The number of anilines is 1. The maximum atomic E-state index is 12.6. The van der Waals surface area contributed by atoms with Crippen LogP contribution in [-0.4, -0.2) is 39.8 Å². The van der Waals surface area contributed by atoms with Crippen molar-refractivity contribution in [2.75, 3.05) is 23.7 Å². The van der Waals surface area contributed by atoms with E-state index in [-0.39, 0.29) is 12.5 Å². The maximum absolute atomic E-state index is 12.6. The molecule has 2 aromatic carbocycles. The zero-order valence-corrected chi connectivity index (χ0v) is 17.8. The van der Waals surface area contributed by atoms with Gasteiger partial charge in [-0.05, 0) is 62.6 Å². The number of benzene rings is 2.